The molecule has 2 saturated heterocycles. The SMILES string of the molecule is COc1ccc(-n2nnnc2C(F)(F)F)cc1CN1C[C@@H]2CN(c3cccnc3)CCN2[C@H](C(c2ccccc2)c2ccccc2)C1.Cl.Cl.Cl. The number of halogens is 6. The lowest BCUT2D eigenvalue weighted by molar-refractivity contribution is -0.146. The van der Waals surface area contributed by atoms with Crippen molar-refractivity contribution in [2.75, 3.05) is 44.7 Å². The Hall–Kier alpha value is -3.94. The maximum Gasteiger partial charge on any atom is 0.453 e. The summed E-state index contributed by atoms with van der Waals surface area (Å²) in [6.45, 7) is 4.61. The Labute approximate surface area is 307 Å². The van der Waals surface area contributed by atoms with E-state index in [1.807, 2.05) is 24.4 Å². The van der Waals surface area contributed by atoms with E-state index in [0.29, 0.717) is 12.3 Å². The first-order valence-electron chi connectivity index (χ1n) is 15.6. The van der Waals surface area contributed by atoms with Gasteiger partial charge >= 0.3 is 6.18 Å². The van der Waals surface area contributed by atoms with Crippen molar-refractivity contribution in [1.29, 1.82) is 0 Å². The summed E-state index contributed by atoms with van der Waals surface area (Å²) in [7, 11) is 1.57. The van der Waals surface area contributed by atoms with Crippen LogP contribution in [0.4, 0.5) is 18.9 Å². The molecular formula is C35H38Cl3F3N8O. The van der Waals surface area contributed by atoms with Crippen LogP contribution in [-0.2, 0) is 12.7 Å². The zero-order valence-corrected chi connectivity index (χ0v) is 29.6. The third-order valence-corrected chi connectivity index (χ3v) is 9.21. The van der Waals surface area contributed by atoms with Gasteiger partial charge in [0.15, 0.2) is 0 Å². The van der Waals surface area contributed by atoms with Crippen LogP contribution in [0.15, 0.2) is 103 Å². The summed E-state index contributed by atoms with van der Waals surface area (Å²) >= 11 is 0. The summed E-state index contributed by atoms with van der Waals surface area (Å²) in [6, 6.07) is 30.6. The van der Waals surface area contributed by atoms with E-state index in [2.05, 4.69) is 89.8 Å². The number of tetrazole rings is 1. The van der Waals surface area contributed by atoms with Gasteiger partial charge in [0.1, 0.15) is 5.75 Å². The molecule has 50 heavy (non-hydrogen) atoms. The zero-order valence-electron chi connectivity index (χ0n) is 27.1. The van der Waals surface area contributed by atoms with Gasteiger partial charge in [-0.15, -0.1) is 42.3 Å². The van der Waals surface area contributed by atoms with Gasteiger partial charge in [0.05, 0.1) is 24.7 Å². The summed E-state index contributed by atoms with van der Waals surface area (Å²) in [5.41, 5.74) is 4.57. The Balaban J connectivity index is 0.00000187. The Morgan fingerprint density at radius 2 is 1.52 bits per heavy atom. The van der Waals surface area contributed by atoms with E-state index in [0.717, 1.165) is 48.7 Å². The molecule has 2 aliphatic heterocycles. The second-order valence-corrected chi connectivity index (χ2v) is 12.0. The molecule has 5 aromatic rings. The summed E-state index contributed by atoms with van der Waals surface area (Å²) in [5, 5.41) is 10.2. The van der Waals surface area contributed by atoms with Crippen molar-refractivity contribution in [2.24, 2.45) is 0 Å². The second kappa shape index (κ2) is 16.8. The molecule has 2 aliphatic rings. The number of piperazine rings is 2. The summed E-state index contributed by atoms with van der Waals surface area (Å²) < 4.78 is 47.5. The van der Waals surface area contributed by atoms with Gasteiger partial charge in [-0.25, -0.2) is 0 Å². The van der Waals surface area contributed by atoms with Crippen LogP contribution in [0.2, 0.25) is 0 Å². The molecule has 0 aliphatic carbocycles. The zero-order chi connectivity index (χ0) is 32.4. The number of anilines is 1. The molecule has 0 unspecified atom stereocenters. The van der Waals surface area contributed by atoms with Crippen molar-refractivity contribution in [3.8, 4) is 11.4 Å². The number of hydrogen-bond acceptors (Lipinski definition) is 8. The molecule has 0 bridgehead atoms. The Morgan fingerprint density at radius 1 is 0.820 bits per heavy atom. The number of methoxy groups -OCH3 is 1. The average molecular weight is 750 g/mol. The molecule has 4 heterocycles. The van der Waals surface area contributed by atoms with Crippen molar-refractivity contribution in [3.63, 3.8) is 0 Å². The molecule has 2 aromatic heterocycles. The number of rotatable bonds is 8. The van der Waals surface area contributed by atoms with Crippen LogP contribution in [0.5, 0.6) is 5.75 Å². The maximum absolute atomic E-state index is 13.7. The molecule has 266 valence electrons. The van der Waals surface area contributed by atoms with Crippen LogP contribution < -0.4 is 9.64 Å². The fourth-order valence-electron chi connectivity index (χ4n) is 7.17. The van der Waals surface area contributed by atoms with Crippen LogP contribution in [0.25, 0.3) is 5.69 Å². The first kappa shape index (κ1) is 38.9. The van der Waals surface area contributed by atoms with Gasteiger partial charge in [0, 0.05) is 69.0 Å². The van der Waals surface area contributed by atoms with Crippen LogP contribution in [0.3, 0.4) is 0 Å². The molecular weight excluding hydrogens is 712 g/mol. The first-order valence-corrected chi connectivity index (χ1v) is 15.6. The third-order valence-electron chi connectivity index (χ3n) is 9.21. The van der Waals surface area contributed by atoms with Crippen LogP contribution in [0.1, 0.15) is 28.4 Å². The molecule has 0 amide bonds. The Kier molecular flexibility index (Phi) is 13.1. The molecule has 0 radical (unpaired) electrons. The van der Waals surface area contributed by atoms with E-state index in [-0.39, 0.29) is 60.9 Å². The number of benzene rings is 3. The highest BCUT2D eigenvalue weighted by molar-refractivity contribution is 5.86. The van der Waals surface area contributed by atoms with E-state index < -0.39 is 12.0 Å². The number of fused-ring (bicyclic) bond motifs is 1. The molecule has 9 nitrogen and oxygen atoms in total. The predicted octanol–water partition coefficient (Wildman–Crippen LogP) is 6.56. The number of hydrogen-bond donors (Lipinski definition) is 0. The predicted molar refractivity (Wildman–Crippen MR) is 193 cm³/mol. The number of nitrogens with zero attached hydrogens (tertiary/aromatic N) is 8. The molecule has 0 spiro atoms. The standard InChI is InChI=1S/C35H35F3N8O.3ClH/c1-47-32-15-14-28(46-34(35(36,37)38)40-41-42-46)19-27(32)21-43-22-30-23-44(29-13-8-16-39-20-29)17-18-45(30)31(24-43)33(25-9-4-2-5-10-25)26-11-6-3-7-12-26;;;/h2-16,19-20,30-31,33H,17-18,21-24H2,1H3;3*1H/t30-,31+;;;/m1.../s1. The molecule has 15 heteroatoms. The minimum atomic E-state index is -4.70. The Morgan fingerprint density at radius 3 is 2.14 bits per heavy atom. The maximum atomic E-state index is 13.7. The van der Waals surface area contributed by atoms with E-state index >= 15 is 0 Å². The van der Waals surface area contributed by atoms with Gasteiger partial charge in [-0.3, -0.25) is 14.8 Å². The summed E-state index contributed by atoms with van der Waals surface area (Å²) in [4.78, 5) is 11.8. The quantitative estimate of drug-likeness (QED) is 0.177. The number of ether oxygens (including phenoxy) is 1. The molecule has 7 rings (SSSR count). The highest BCUT2D eigenvalue weighted by Crippen LogP contribution is 2.37. The molecule has 3 aromatic carbocycles. The van der Waals surface area contributed by atoms with Gasteiger partial charge in [0.25, 0.3) is 5.82 Å². The van der Waals surface area contributed by atoms with Crippen molar-refractivity contribution in [1.82, 2.24) is 35.0 Å². The van der Waals surface area contributed by atoms with Crippen LogP contribution >= 0.6 is 37.2 Å². The van der Waals surface area contributed by atoms with E-state index in [9.17, 15) is 13.2 Å². The van der Waals surface area contributed by atoms with Gasteiger partial charge < -0.3 is 9.64 Å². The second-order valence-electron chi connectivity index (χ2n) is 12.0. The molecule has 2 atom stereocenters. The monoisotopic (exact) mass is 748 g/mol. The Bertz CT molecular complexity index is 1750. The average Bonchev–Trinajstić information content (AvgIpc) is 3.61. The van der Waals surface area contributed by atoms with Gasteiger partial charge in [-0.2, -0.15) is 17.9 Å². The minimum absolute atomic E-state index is 0. The molecule has 0 N–H and O–H groups in total. The minimum Gasteiger partial charge on any atom is -0.496 e. The fourth-order valence-corrected chi connectivity index (χ4v) is 7.17. The van der Waals surface area contributed by atoms with Crippen molar-refractivity contribution >= 4 is 42.9 Å². The van der Waals surface area contributed by atoms with Crippen molar-refractivity contribution in [2.45, 2.75) is 30.7 Å². The number of aromatic nitrogens is 5. The third kappa shape index (κ3) is 8.16. The topological polar surface area (TPSA) is 75.4 Å². The molecule has 2 fully saturated rings. The van der Waals surface area contributed by atoms with Crippen LogP contribution in [0, 0.1) is 0 Å². The fraction of sp³-hybridized carbons (Fsp3) is 0.314. The largest absolute Gasteiger partial charge is 0.496 e. The lowest BCUT2D eigenvalue weighted by Crippen LogP contribution is -2.67. The summed E-state index contributed by atoms with van der Waals surface area (Å²) in [6.07, 6.45) is -0.996. The first-order chi connectivity index (χ1) is 22.9. The van der Waals surface area contributed by atoms with Crippen molar-refractivity contribution in [3.05, 3.63) is 126 Å². The highest BCUT2D eigenvalue weighted by atomic mass is 35.5. The van der Waals surface area contributed by atoms with E-state index in [1.54, 1.807) is 31.5 Å². The summed E-state index contributed by atoms with van der Waals surface area (Å²) in [5.74, 6) is -0.470. The number of alkyl halides is 3. The van der Waals surface area contributed by atoms with Crippen LogP contribution in [-0.4, -0.2) is 86.9 Å². The van der Waals surface area contributed by atoms with Gasteiger partial charge in [0.2, 0.25) is 0 Å². The lowest BCUT2D eigenvalue weighted by Gasteiger charge is -2.54. The van der Waals surface area contributed by atoms with Gasteiger partial charge in [-0.1, -0.05) is 60.7 Å². The lowest BCUT2D eigenvalue weighted by atomic mass is 9.81. The number of pyridine rings is 1. The smallest absolute Gasteiger partial charge is 0.453 e. The van der Waals surface area contributed by atoms with E-state index in [1.165, 1.54) is 11.1 Å². The highest BCUT2D eigenvalue weighted by Gasteiger charge is 2.43. The normalized spacial score (nSPS) is 18.0. The van der Waals surface area contributed by atoms with Gasteiger partial charge in [-0.05, 0) is 51.9 Å². The van der Waals surface area contributed by atoms with E-state index in [4.69, 9.17) is 4.74 Å². The molecule has 0 saturated carbocycles. The van der Waals surface area contributed by atoms with Crippen molar-refractivity contribution < 1.29 is 17.9 Å².